The SMILES string of the molecule is CCCCC(CC)Cn1c2ccc(C(=NO)c3ccccc3OCC(F)(F)C(F)F)cc2c2cc(-c3nc(-c4ccccc4)c(-c4ccccc4)[nH]3)c3ccccc3c21. The van der Waals surface area contributed by atoms with Crippen LogP contribution in [0.15, 0.2) is 139 Å². The third kappa shape index (κ3) is 7.67. The number of aromatic amines is 1. The average molecular weight is 797 g/mol. The van der Waals surface area contributed by atoms with Gasteiger partial charge >= 0.3 is 12.3 Å². The first kappa shape index (κ1) is 39.4. The molecule has 0 aliphatic heterocycles. The molecule has 1 atom stereocenters. The lowest BCUT2D eigenvalue weighted by atomic mass is 9.97. The fourth-order valence-corrected chi connectivity index (χ4v) is 8.08. The van der Waals surface area contributed by atoms with Crippen molar-refractivity contribution in [2.75, 3.05) is 6.61 Å². The van der Waals surface area contributed by atoms with E-state index in [1.54, 1.807) is 18.2 Å². The summed E-state index contributed by atoms with van der Waals surface area (Å²) in [5.74, 6) is -3.35. The predicted octanol–water partition coefficient (Wildman–Crippen LogP) is 13.4. The summed E-state index contributed by atoms with van der Waals surface area (Å²) >= 11 is 0. The van der Waals surface area contributed by atoms with Crippen molar-refractivity contribution < 1.29 is 27.5 Å². The highest BCUT2D eigenvalue weighted by atomic mass is 19.3. The number of rotatable bonds is 15. The van der Waals surface area contributed by atoms with E-state index < -0.39 is 19.0 Å². The van der Waals surface area contributed by atoms with Crippen molar-refractivity contribution in [3.63, 3.8) is 0 Å². The lowest BCUT2D eigenvalue weighted by Gasteiger charge is -2.19. The van der Waals surface area contributed by atoms with E-state index in [1.165, 1.54) is 6.07 Å². The van der Waals surface area contributed by atoms with Crippen molar-refractivity contribution in [3.05, 3.63) is 145 Å². The van der Waals surface area contributed by atoms with E-state index in [1.807, 2.05) is 66.7 Å². The first-order valence-electron chi connectivity index (χ1n) is 20.0. The fraction of sp³-hybridized carbons (Fsp3) is 0.224. The number of imidazole rings is 1. The van der Waals surface area contributed by atoms with Gasteiger partial charge in [0.2, 0.25) is 0 Å². The van der Waals surface area contributed by atoms with Gasteiger partial charge in [-0.05, 0) is 48.1 Å². The van der Waals surface area contributed by atoms with Gasteiger partial charge in [-0.25, -0.2) is 13.8 Å². The van der Waals surface area contributed by atoms with Crippen LogP contribution in [0.2, 0.25) is 0 Å². The molecule has 10 heteroatoms. The van der Waals surface area contributed by atoms with Crippen molar-refractivity contribution in [2.45, 2.75) is 58.4 Å². The highest BCUT2D eigenvalue weighted by Crippen LogP contribution is 2.42. The number of unbranched alkanes of at least 4 members (excludes halogenated alkanes) is 1. The summed E-state index contributed by atoms with van der Waals surface area (Å²) in [6.07, 6.45) is 0.424. The van der Waals surface area contributed by atoms with Crippen molar-refractivity contribution in [1.82, 2.24) is 14.5 Å². The minimum Gasteiger partial charge on any atom is -0.486 e. The molecule has 0 radical (unpaired) electrons. The Morgan fingerprint density at radius 2 is 1.47 bits per heavy atom. The molecule has 6 nitrogen and oxygen atoms in total. The fourth-order valence-electron chi connectivity index (χ4n) is 8.08. The van der Waals surface area contributed by atoms with E-state index in [-0.39, 0.29) is 17.0 Å². The van der Waals surface area contributed by atoms with Crippen LogP contribution >= 0.6 is 0 Å². The maximum absolute atomic E-state index is 14.0. The Kier molecular flexibility index (Phi) is 11.2. The summed E-state index contributed by atoms with van der Waals surface area (Å²) in [6, 6.07) is 42.7. The third-order valence-electron chi connectivity index (χ3n) is 11.2. The smallest absolute Gasteiger partial charge is 0.340 e. The Labute approximate surface area is 339 Å². The van der Waals surface area contributed by atoms with Gasteiger partial charge in [0.1, 0.15) is 17.3 Å². The number of ether oxygens (including phenoxy) is 1. The van der Waals surface area contributed by atoms with E-state index in [0.29, 0.717) is 17.3 Å². The van der Waals surface area contributed by atoms with Gasteiger partial charge in [0, 0.05) is 56.0 Å². The summed E-state index contributed by atoms with van der Waals surface area (Å²) in [7, 11) is 0. The van der Waals surface area contributed by atoms with E-state index in [0.717, 1.165) is 92.9 Å². The molecule has 8 rings (SSSR count). The van der Waals surface area contributed by atoms with Gasteiger partial charge in [-0.15, -0.1) is 0 Å². The second-order valence-electron chi connectivity index (χ2n) is 15.0. The first-order valence-corrected chi connectivity index (χ1v) is 20.0. The molecular formula is C49H44F4N4O2. The molecule has 0 aliphatic carbocycles. The lowest BCUT2D eigenvalue weighted by molar-refractivity contribution is -0.148. The van der Waals surface area contributed by atoms with Gasteiger partial charge in [-0.2, -0.15) is 8.78 Å². The topological polar surface area (TPSA) is 75.4 Å². The molecular weight excluding hydrogens is 753 g/mol. The molecule has 0 amide bonds. The van der Waals surface area contributed by atoms with Gasteiger partial charge in [-0.3, -0.25) is 0 Å². The zero-order valence-corrected chi connectivity index (χ0v) is 32.8. The number of nitrogens with one attached hydrogen (secondary N) is 1. The minimum atomic E-state index is -4.37. The van der Waals surface area contributed by atoms with Gasteiger partial charge in [0.25, 0.3) is 0 Å². The number of alkyl halides is 4. The normalized spacial score (nSPS) is 12.9. The molecule has 1 unspecified atom stereocenters. The highest BCUT2D eigenvalue weighted by molar-refractivity contribution is 6.23. The number of halogens is 4. The number of hydrogen-bond donors (Lipinski definition) is 2. The molecule has 2 heterocycles. The van der Waals surface area contributed by atoms with Crippen LogP contribution in [-0.4, -0.2) is 44.4 Å². The third-order valence-corrected chi connectivity index (χ3v) is 11.2. The predicted molar refractivity (Wildman–Crippen MR) is 229 cm³/mol. The molecule has 6 aromatic carbocycles. The number of para-hydroxylation sites is 1. The first-order chi connectivity index (χ1) is 28.7. The molecule has 59 heavy (non-hydrogen) atoms. The van der Waals surface area contributed by atoms with Gasteiger partial charge in [-0.1, -0.05) is 141 Å². The molecule has 2 N–H and O–H groups in total. The number of fused-ring (bicyclic) bond motifs is 5. The molecule has 0 bridgehead atoms. The van der Waals surface area contributed by atoms with Crippen molar-refractivity contribution in [3.8, 4) is 39.7 Å². The second kappa shape index (κ2) is 16.8. The Morgan fingerprint density at radius 1 is 0.797 bits per heavy atom. The molecule has 0 saturated carbocycles. The van der Waals surface area contributed by atoms with Gasteiger partial charge in [0.15, 0.2) is 6.61 Å². The van der Waals surface area contributed by atoms with Crippen LogP contribution in [0.4, 0.5) is 17.6 Å². The second-order valence-corrected chi connectivity index (χ2v) is 15.0. The Morgan fingerprint density at radius 3 is 2.17 bits per heavy atom. The van der Waals surface area contributed by atoms with Crippen LogP contribution < -0.4 is 4.74 Å². The van der Waals surface area contributed by atoms with Crippen LogP contribution in [0.5, 0.6) is 5.75 Å². The minimum absolute atomic E-state index is 0.0465. The molecule has 2 aromatic heterocycles. The molecule has 300 valence electrons. The number of oxime groups is 1. The van der Waals surface area contributed by atoms with Crippen LogP contribution in [0, 0.1) is 5.92 Å². The van der Waals surface area contributed by atoms with Gasteiger partial charge in [0.05, 0.1) is 16.9 Å². The number of nitrogens with zero attached hydrogens (tertiary/aromatic N) is 3. The summed E-state index contributed by atoms with van der Waals surface area (Å²) in [5, 5.41) is 18.0. The van der Waals surface area contributed by atoms with Crippen LogP contribution in [0.25, 0.3) is 66.5 Å². The van der Waals surface area contributed by atoms with E-state index in [2.05, 4.69) is 71.0 Å². The largest absolute Gasteiger partial charge is 0.486 e. The zero-order valence-electron chi connectivity index (χ0n) is 32.8. The standard InChI is InChI=1S/C49H44F4N4O2/c1-3-5-16-31(4-2)29-57-41-26-25-34(43(56-58)37-23-14-15-24-42(37)59-30-49(52,53)48(50)51)27-38(41)39-28-40(35-21-12-13-22-36(35)46(39)57)47-54-44(32-17-8-6-9-18-32)45(55-47)33-19-10-7-11-20-33/h6-15,17-28,31,48,58H,3-5,16,29-30H2,1-2H3,(H,54,55). The molecule has 0 fully saturated rings. The van der Waals surface area contributed by atoms with E-state index in [9.17, 15) is 22.8 Å². The summed E-state index contributed by atoms with van der Waals surface area (Å²) in [4.78, 5) is 8.99. The quantitative estimate of drug-likeness (QED) is 0.0469. The summed E-state index contributed by atoms with van der Waals surface area (Å²) in [5.41, 5.74) is 7.38. The molecule has 0 aliphatic rings. The van der Waals surface area contributed by atoms with E-state index in [4.69, 9.17) is 9.72 Å². The number of H-pyrrole nitrogens is 1. The van der Waals surface area contributed by atoms with Crippen molar-refractivity contribution in [2.24, 2.45) is 11.1 Å². The highest BCUT2D eigenvalue weighted by Gasteiger charge is 2.42. The maximum Gasteiger partial charge on any atom is 0.340 e. The average Bonchev–Trinajstić information content (AvgIpc) is 3.85. The van der Waals surface area contributed by atoms with Crippen molar-refractivity contribution >= 4 is 38.3 Å². The number of hydrogen-bond acceptors (Lipinski definition) is 4. The van der Waals surface area contributed by atoms with Crippen LogP contribution in [-0.2, 0) is 6.54 Å². The lowest BCUT2D eigenvalue weighted by Crippen LogP contribution is -2.34. The molecule has 0 saturated heterocycles. The maximum atomic E-state index is 14.0. The summed E-state index contributed by atoms with van der Waals surface area (Å²) < 4.78 is 61.7. The summed E-state index contributed by atoms with van der Waals surface area (Å²) in [6.45, 7) is 3.68. The van der Waals surface area contributed by atoms with Crippen molar-refractivity contribution in [1.29, 1.82) is 0 Å². The zero-order chi connectivity index (χ0) is 41.1. The van der Waals surface area contributed by atoms with Gasteiger partial charge < -0.3 is 19.5 Å². The number of benzene rings is 6. The van der Waals surface area contributed by atoms with Crippen LogP contribution in [0.3, 0.4) is 0 Å². The Hall–Kier alpha value is -6.42. The molecule has 8 aromatic rings. The molecule has 0 spiro atoms. The number of aromatic nitrogens is 3. The van der Waals surface area contributed by atoms with Crippen LogP contribution in [0.1, 0.15) is 50.7 Å². The Balaban J connectivity index is 1.35. The van der Waals surface area contributed by atoms with E-state index >= 15 is 0 Å². The Bertz CT molecular complexity index is 2700. The monoisotopic (exact) mass is 796 g/mol.